The average molecular weight is 309 g/mol. The van der Waals surface area contributed by atoms with Crippen molar-refractivity contribution in [2.24, 2.45) is 0 Å². The molecule has 1 heterocycles. The fourth-order valence-corrected chi connectivity index (χ4v) is 2.00. The molecule has 0 aliphatic heterocycles. The van der Waals surface area contributed by atoms with Gasteiger partial charge in [-0.25, -0.2) is 4.39 Å². The van der Waals surface area contributed by atoms with E-state index in [4.69, 9.17) is 0 Å². The predicted molar refractivity (Wildman–Crippen MR) is 73.6 cm³/mol. The van der Waals surface area contributed by atoms with Crippen molar-refractivity contribution in [3.63, 3.8) is 0 Å². The molecule has 2 nitrogen and oxygen atoms in total. The quantitative estimate of drug-likeness (QED) is 0.928. The van der Waals surface area contributed by atoms with Crippen LogP contribution in [0.1, 0.15) is 24.2 Å². The second-order valence-corrected chi connectivity index (χ2v) is 5.01. The van der Waals surface area contributed by atoms with Gasteiger partial charge in [0.1, 0.15) is 5.82 Å². The number of pyridine rings is 1. The molecule has 0 amide bonds. The number of hydrogen-bond donors (Lipinski definition) is 1. The van der Waals surface area contributed by atoms with E-state index >= 15 is 0 Å². The van der Waals surface area contributed by atoms with Crippen molar-refractivity contribution >= 4 is 15.9 Å². The number of aromatic nitrogens is 1. The predicted octanol–water partition coefficient (Wildman–Crippen LogP) is 3.83. The largest absolute Gasteiger partial charge is 0.305 e. The molecule has 0 saturated heterocycles. The lowest BCUT2D eigenvalue weighted by Crippen LogP contribution is -2.19. The van der Waals surface area contributed by atoms with Crippen LogP contribution in [0, 0.1) is 5.82 Å². The normalized spacial score (nSPS) is 12.4. The molecule has 0 spiro atoms. The first-order valence-corrected chi connectivity index (χ1v) is 6.54. The first-order chi connectivity index (χ1) is 8.66. The molecular weight excluding hydrogens is 295 g/mol. The standard InChI is InChI=1S/C14H14BrFN2/c1-10(14-4-2-3-7-17-14)18-9-11-5-6-12(15)8-13(11)16/h2-8,10,18H,9H2,1H3/t10-/m1/s1. The van der Waals surface area contributed by atoms with Gasteiger partial charge in [0.25, 0.3) is 0 Å². The van der Waals surface area contributed by atoms with E-state index in [1.165, 1.54) is 6.07 Å². The van der Waals surface area contributed by atoms with Gasteiger partial charge >= 0.3 is 0 Å². The van der Waals surface area contributed by atoms with Crippen LogP contribution in [0.25, 0.3) is 0 Å². The molecule has 0 saturated carbocycles. The number of hydrogen-bond acceptors (Lipinski definition) is 2. The lowest BCUT2D eigenvalue weighted by atomic mass is 10.1. The summed E-state index contributed by atoms with van der Waals surface area (Å²) in [5.41, 5.74) is 1.61. The Kier molecular flexibility index (Phi) is 4.44. The van der Waals surface area contributed by atoms with E-state index in [0.29, 0.717) is 12.1 Å². The Bertz CT molecular complexity index is 516. The maximum absolute atomic E-state index is 13.6. The zero-order valence-electron chi connectivity index (χ0n) is 10.0. The van der Waals surface area contributed by atoms with Gasteiger partial charge in [-0.15, -0.1) is 0 Å². The van der Waals surface area contributed by atoms with Crippen molar-refractivity contribution in [1.29, 1.82) is 0 Å². The molecule has 0 radical (unpaired) electrons. The number of nitrogens with one attached hydrogen (secondary N) is 1. The van der Waals surface area contributed by atoms with E-state index < -0.39 is 0 Å². The summed E-state index contributed by atoms with van der Waals surface area (Å²) in [6, 6.07) is 11.0. The molecular formula is C14H14BrFN2. The summed E-state index contributed by atoms with van der Waals surface area (Å²) in [4.78, 5) is 4.26. The van der Waals surface area contributed by atoms with Gasteiger partial charge in [0.05, 0.1) is 5.69 Å². The van der Waals surface area contributed by atoms with Crippen LogP contribution in [0.4, 0.5) is 4.39 Å². The molecule has 0 bridgehead atoms. The van der Waals surface area contributed by atoms with Crippen molar-refractivity contribution in [2.75, 3.05) is 0 Å². The van der Waals surface area contributed by atoms with Gasteiger partial charge in [-0.05, 0) is 31.2 Å². The number of benzene rings is 1. The Hall–Kier alpha value is -1.26. The van der Waals surface area contributed by atoms with Crippen LogP contribution in [0.15, 0.2) is 47.1 Å². The average Bonchev–Trinajstić information content (AvgIpc) is 2.38. The maximum Gasteiger partial charge on any atom is 0.128 e. The Morgan fingerprint density at radius 1 is 1.33 bits per heavy atom. The highest BCUT2D eigenvalue weighted by Gasteiger charge is 2.07. The molecule has 1 aromatic carbocycles. The monoisotopic (exact) mass is 308 g/mol. The second-order valence-electron chi connectivity index (χ2n) is 4.09. The molecule has 2 aromatic rings. The van der Waals surface area contributed by atoms with Gasteiger partial charge in [-0.1, -0.05) is 28.1 Å². The SMILES string of the molecule is C[C@@H](NCc1ccc(Br)cc1F)c1ccccn1. The summed E-state index contributed by atoms with van der Waals surface area (Å²) < 4.78 is 14.4. The third kappa shape index (κ3) is 3.37. The van der Waals surface area contributed by atoms with Crippen LogP contribution in [0.3, 0.4) is 0 Å². The van der Waals surface area contributed by atoms with Crippen molar-refractivity contribution in [3.8, 4) is 0 Å². The fraction of sp³-hybridized carbons (Fsp3) is 0.214. The summed E-state index contributed by atoms with van der Waals surface area (Å²) in [6.07, 6.45) is 1.76. The van der Waals surface area contributed by atoms with Crippen molar-refractivity contribution in [2.45, 2.75) is 19.5 Å². The van der Waals surface area contributed by atoms with Crippen LogP contribution in [0.2, 0.25) is 0 Å². The Labute approximate surface area is 114 Å². The third-order valence-electron chi connectivity index (χ3n) is 2.75. The topological polar surface area (TPSA) is 24.9 Å². The zero-order valence-corrected chi connectivity index (χ0v) is 11.6. The summed E-state index contributed by atoms with van der Waals surface area (Å²) in [5, 5.41) is 3.26. The van der Waals surface area contributed by atoms with Gasteiger partial charge in [0.15, 0.2) is 0 Å². The molecule has 1 atom stereocenters. The molecule has 0 fully saturated rings. The smallest absolute Gasteiger partial charge is 0.128 e. The molecule has 18 heavy (non-hydrogen) atoms. The molecule has 1 aromatic heterocycles. The van der Waals surface area contributed by atoms with Crippen molar-refractivity contribution in [1.82, 2.24) is 10.3 Å². The van der Waals surface area contributed by atoms with E-state index in [-0.39, 0.29) is 11.9 Å². The van der Waals surface area contributed by atoms with Crippen LogP contribution < -0.4 is 5.32 Å². The van der Waals surface area contributed by atoms with E-state index in [9.17, 15) is 4.39 Å². The van der Waals surface area contributed by atoms with E-state index in [0.717, 1.165) is 10.2 Å². The Balaban J connectivity index is 1.99. The maximum atomic E-state index is 13.6. The summed E-state index contributed by atoms with van der Waals surface area (Å²) in [7, 11) is 0. The molecule has 4 heteroatoms. The van der Waals surface area contributed by atoms with Gasteiger partial charge in [0.2, 0.25) is 0 Å². The lowest BCUT2D eigenvalue weighted by Gasteiger charge is -2.13. The van der Waals surface area contributed by atoms with Gasteiger partial charge in [-0.3, -0.25) is 4.98 Å². The highest BCUT2D eigenvalue weighted by molar-refractivity contribution is 9.10. The van der Waals surface area contributed by atoms with Gasteiger partial charge in [-0.2, -0.15) is 0 Å². The third-order valence-corrected chi connectivity index (χ3v) is 3.24. The Morgan fingerprint density at radius 3 is 2.83 bits per heavy atom. The number of nitrogens with zero attached hydrogens (tertiary/aromatic N) is 1. The summed E-state index contributed by atoms with van der Waals surface area (Å²) >= 11 is 3.24. The molecule has 1 N–H and O–H groups in total. The molecule has 0 aliphatic carbocycles. The molecule has 0 aliphatic rings. The minimum absolute atomic E-state index is 0.0919. The van der Waals surface area contributed by atoms with E-state index in [2.05, 4.69) is 26.2 Å². The van der Waals surface area contributed by atoms with Gasteiger partial charge in [0, 0.05) is 28.8 Å². The van der Waals surface area contributed by atoms with Crippen molar-refractivity contribution < 1.29 is 4.39 Å². The van der Waals surface area contributed by atoms with Crippen LogP contribution in [-0.4, -0.2) is 4.98 Å². The first kappa shape index (κ1) is 13.2. The number of rotatable bonds is 4. The van der Waals surface area contributed by atoms with E-state index in [1.807, 2.05) is 31.2 Å². The minimum atomic E-state index is -0.204. The second kappa shape index (κ2) is 6.07. The number of halogens is 2. The summed E-state index contributed by atoms with van der Waals surface area (Å²) in [5.74, 6) is -0.204. The molecule has 2 rings (SSSR count). The highest BCUT2D eigenvalue weighted by Crippen LogP contribution is 2.16. The summed E-state index contributed by atoms with van der Waals surface area (Å²) in [6.45, 7) is 2.50. The lowest BCUT2D eigenvalue weighted by molar-refractivity contribution is 0.536. The van der Waals surface area contributed by atoms with E-state index in [1.54, 1.807) is 12.3 Å². The van der Waals surface area contributed by atoms with Crippen molar-refractivity contribution in [3.05, 3.63) is 64.1 Å². The highest BCUT2D eigenvalue weighted by atomic mass is 79.9. The first-order valence-electron chi connectivity index (χ1n) is 5.75. The fourth-order valence-electron chi connectivity index (χ4n) is 1.66. The van der Waals surface area contributed by atoms with Gasteiger partial charge < -0.3 is 5.32 Å². The Morgan fingerprint density at radius 2 is 2.17 bits per heavy atom. The van der Waals surface area contributed by atoms with Crippen LogP contribution in [0.5, 0.6) is 0 Å². The molecule has 0 unspecified atom stereocenters. The minimum Gasteiger partial charge on any atom is -0.305 e. The zero-order chi connectivity index (χ0) is 13.0. The van der Waals surface area contributed by atoms with Crippen LogP contribution in [-0.2, 0) is 6.54 Å². The van der Waals surface area contributed by atoms with Crippen LogP contribution >= 0.6 is 15.9 Å². The molecule has 94 valence electrons.